The molecule has 1 aromatic carbocycles. The lowest BCUT2D eigenvalue weighted by molar-refractivity contribution is 0.174. The lowest BCUT2D eigenvalue weighted by Gasteiger charge is -2.12. The van der Waals surface area contributed by atoms with Gasteiger partial charge < -0.3 is 19.4 Å². The SMILES string of the molecule is c1cc2c(cc1Cn1cnnc1C1CCCN1)OCO2. The summed E-state index contributed by atoms with van der Waals surface area (Å²) >= 11 is 0. The van der Waals surface area contributed by atoms with E-state index >= 15 is 0 Å². The van der Waals surface area contributed by atoms with Gasteiger partial charge in [0.15, 0.2) is 11.5 Å². The maximum atomic E-state index is 5.41. The molecule has 0 radical (unpaired) electrons. The largest absolute Gasteiger partial charge is 0.454 e. The van der Waals surface area contributed by atoms with Crippen LogP contribution in [0.4, 0.5) is 0 Å². The Balaban J connectivity index is 1.58. The number of rotatable bonds is 3. The predicted octanol–water partition coefficient (Wildman–Crippen LogP) is 1.48. The first-order chi connectivity index (χ1) is 9.90. The first-order valence-corrected chi connectivity index (χ1v) is 6.90. The number of hydrogen-bond acceptors (Lipinski definition) is 5. The number of aromatic nitrogens is 3. The van der Waals surface area contributed by atoms with E-state index < -0.39 is 0 Å². The van der Waals surface area contributed by atoms with E-state index in [9.17, 15) is 0 Å². The molecule has 1 unspecified atom stereocenters. The normalized spacial score (nSPS) is 20.5. The standard InChI is InChI=1S/C14H16N4O2/c1-2-11(15-5-1)14-17-16-8-18(14)7-10-3-4-12-13(6-10)20-9-19-12/h3-4,6,8,11,15H,1-2,5,7,9H2. The number of nitrogens with one attached hydrogen (secondary N) is 1. The van der Waals surface area contributed by atoms with Crippen LogP contribution in [0.15, 0.2) is 24.5 Å². The zero-order valence-electron chi connectivity index (χ0n) is 11.1. The molecule has 2 aliphatic rings. The number of nitrogens with zero attached hydrogens (tertiary/aromatic N) is 3. The topological polar surface area (TPSA) is 61.2 Å². The van der Waals surface area contributed by atoms with E-state index in [-0.39, 0.29) is 0 Å². The molecule has 0 saturated carbocycles. The second-order valence-electron chi connectivity index (χ2n) is 5.15. The molecule has 4 rings (SSSR count). The number of fused-ring (bicyclic) bond motifs is 1. The van der Waals surface area contributed by atoms with E-state index in [1.54, 1.807) is 6.33 Å². The molecule has 1 aromatic heterocycles. The minimum absolute atomic E-state index is 0.308. The maximum Gasteiger partial charge on any atom is 0.231 e. The number of benzene rings is 1. The monoisotopic (exact) mass is 272 g/mol. The molecule has 1 saturated heterocycles. The Labute approximate surface area is 116 Å². The van der Waals surface area contributed by atoms with Gasteiger partial charge in [-0.2, -0.15) is 0 Å². The van der Waals surface area contributed by atoms with Gasteiger partial charge in [-0.05, 0) is 37.1 Å². The molecule has 0 amide bonds. The fourth-order valence-electron chi connectivity index (χ4n) is 2.80. The van der Waals surface area contributed by atoms with Gasteiger partial charge in [0.25, 0.3) is 0 Å². The van der Waals surface area contributed by atoms with E-state index in [1.807, 2.05) is 12.1 Å². The van der Waals surface area contributed by atoms with Crippen molar-refractivity contribution in [3.63, 3.8) is 0 Å². The van der Waals surface area contributed by atoms with Crippen LogP contribution in [0.3, 0.4) is 0 Å². The fourth-order valence-corrected chi connectivity index (χ4v) is 2.80. The Morgan fingerprint density at radius 1 is 1.30 bits per heavy atom. The third-order valence-electron chi connectivity index (χ3n) is 3.81. The van der Waals surface area contributed by atoms with Crippen molar-refractivity contribution >= 4 is 0 Å². The van der Waals surface area contributed by atoms with Crippen LogP contribution in [0.5, 0.6) is 11.5 Å². The zero-order valence-corrected chi connectivity index (χ0v) is 11.1. The highest BCUT2D eigenvalue weighted by atomic mass is 16.7. The van der Waals surface area contributed by atoms with Gasteiger partial charge in [0.2, 0.25) is 6.79 Å². The summed E-state index contributed by atoms with van der Waals surface area (Å²) in [5.41, 5.74) is 1.16. The van der Waals surface area contributed by atoms with Gasteiger partial charge in [-0.1, -0.05) is 6.07 Å². The van der Waals surface area contributed by atoms with Crippen LogP contribution in [0.25, 0.3) is 0 Å². The Bertz CT molecular complexity index is 619. The molecule has 6 heteroatoms. The smallest absolute Gasteiger partial charge is 0.231 e. The summed E-state index contributed by atoms with van der Waals surface area (Å²) in [6.45, 7) is 2.11. The van der Waals surface area contributed by atoms with Crippen LogP contribution in [0.2, 0.25) is 0 Å². The first-order valence-electron chi connectivity index (χ1n) is 6.90. The Morgan fingerprint density at radius 3 is 3.15 bits per heavy atom. The van der Waals surface area contributed by atoms with Crippen LogP contribution in [0, 0.1) is 0 Å². The molecule has 6 nitrogen and oxygen atoms in total. The average molecular weight is 272 g/mol. The Morgan fingerprint density at radius 2 is 2.25 bits per heavy atom. The molecule has 1 N–H and O–H groups in total. The van der Waals surface area contributed by atoms with Gasteiger partial charge in [-0.3, -0.25) is 0 Å². The zero-order chi connectivity index (χ0) is 13.4. The predicted molar refractivity (Wildman–Crippen MR) is 71.7 cm³/mol. The van der Waals surface area contributed by atoms with Crippen molar-refractivity contribution in [3.8, 4) is 11.5 Å². The third kappa shape index (κ3) is 2.02. The number of hydrogen-bond donors (Lipinski definition) is 1. The molecule has 1 atom stereocenters. The molecule has 3 heterocycles. The molecule has 0 spiro atoms. The summed E-state index contributed by atoms with van der Waals surface area (Å²) < 4.78 is 12.8. The van der Waals surface area contributed by atoms with Crippen molar-refractivity contribution in [1.29, 1.82) is 0 Å². The molecule has 0 aliphatic carbocycles. The highest BCUT2D eigenvalue weighted by molar-refractivity contribution is 5.44. The second kappa shape index (κ2) is 4.79. The minimum atomic E-state index is 0.308. The lowest BCUT2D eigenvalue weighted by Crippen LogP contribution is -2.18. The molecular formula is C14H16N4O2. The van der Waals surface area contributed by atoms with E-state index in [0.717, 1.165) is 42.4 Å². The minimum Gasteiger partial charge on any atom is -0.454 e. The summed E-state index contributed by atoms with van der Waals surface area (Å²) in [5.74, 6) is 2.64. The molecule has 2 aromatic rings. The molecular weight excluding hydrogens is 256 g/mol. The van der Waals surface area contributed by atoms with Crippen molar-refractivity contribution in [1.82, 2.24) is 20.1 Å². The summed E-state index contributed by atoms with van der Waals surface area (Å²) in [6.07, 6.45) is 4.11. The summed E-state index contributed by atoms with van der Waals surface area (Å²) in [7, 11) is 0. The van der Waals surface area contributed by atoms with Gasteiger partial charge in [0, 0.05) is 0 Å². The van der Waals surface area contributed by atoms with E-state index in [2.05, 4.69) is 26.1 Å². The summed E-state index contributed by atoms with van der Waals surface area (Å²) in [6, 6.07) is 6.36. The van der Waals surface area contributed by atoms with Crippen LogP contribution in [-0.2, 0) is 6.54 Å². The van der Waals surface area contributed by atoms with E-state index in [1.165, 1.54) is 6.42 Å². The Kier molecular flexibility index (Phi) is 2.81. The van der Waals surface area contributed by atoms with Gasteiger partial charge in [-0.15, -0.1) is 10.2 Å². The highest BCUT2D eigenvalue weighted by Crippen LogP contribution is 2.33. The highest BCUT2D eigenvalue weighted by Gasteiger charge is 2.22. The van der Waals surface area contributed by atoms with Gasteiger partial charge >= 0.3 is 0 Å². The lowest BCUT2D eigenvalue weighted by atomic mass is 10.2. The van der Waals surface area contributed by atoms with Crippen LogP contribution in [-0.4, -0.2) is 28.1 Å². The van der Waals surface area contributed by atoms with Crippen LogP contribution < -0.4 is 14.8 Å². The van der Waals surface area contributed by atoms with Crippen molar-refractivity contribution in [2.45, 2.75) is 25.4 Å². The maximum absolute atomic E-state index is 5.41. The fraction of sp³-hybridized carbons (Fsp3) is 0.429. The first kappa shape index (κ1) is 11.7. The Hall–Kier alpha value is -2.08. The average Bonchev–Trinajstić information content (AvgIpc) is 3.19. The van der Waals surface area contributed by atoms with Gasteiger partial charge in [-0.25, -0.2) is 0 Å². The molecule has 2 aliphatic heterocycles. The van der Waals surface area contributed by atoms with Crippen molar-refractivity contribution in [3.05, 3.63) is 35.9 Å². The van der Waals surface area contributed by atoms with E-state index in [4.69, 9.17) is 9.47 Å². The molecule has 20 heavy (non-hydrogen) atoms. The van der Waals surface area contributed by atoms with Crippen molar-refractivity contribution in [2.75, 3.05) is 13.3 Å². The van der Waals surface area contributed by atoms with Crippen molar-refractivity contribution < 1.29 is 9.47 Å². The summed E-state index contributed by atoms with van der Waals surface area (Å²) in [4.78, 5) is 0. The van der Waals surface area contributed by atoms with Gasteiger partial charge in [0.1, 0.15) is 12.2 Å². The van der Waals surface area contributed by atoms with Crippen LogP contribution in [0.1, 0.15) is 30.3 Å². The van der Waals surface area contributed by atoms with E-state index in [0.29, 0.717) is 12.8 Å². The van der Waals surface area contributed by atoms with Crippen molar-refractivity contribution in [2.24, 2.45) is 0 Å². The van der Waals surface area contributed by atoms with Gasteiger partial charge in [0.05, 0.1) is 12.6 Å². The third-order valence-corrected chi connectivity index (χ3v) is 3.81. The molecule has 104 valence electrons. The summed E-state index contributed by atoms with van der Waals surface area (Å²) in [5, 5.41) is 11.8. The quantitative estimate of drug-likeness (QED) is 0.917. The molecule has 1 fully saturated rings. The second-order valence-corrected chi connectivity index (χ2v) is 5.15. The van der Waals surface area contributed by atoms with Crippen LogP contribution >= 0.6 is 0 Å². The molecule has 0 bridgehead atoms. The number of ether oxygens (including phenoxy) is 2.